The second-order valence-corrected chi connectivity index (χ2v) is 5.16. The normalized spacial score (nSPS) is 13.3. The van der Waals surface area contributed by atoms with Gasteiger partial charge in [0.2, 0.25) is 0 Å². The van der Waals surface area contributed by atoms with E-state index in [0.29, 0.717) is 18.5 Å². The summed E-state index contributed by atoms with van der Waals surface area (Å²) in [6.45, 7) is 6.58. The number of rotatable bonds is 7. The van der Waals surface area contributed by atoms with Gasteiger partial charge in [0.15, 0.2) is 5.78 Å². The van der Waals surface area contributed by atoms with Gasteiger partial charge in [-0.15, -0.1) is 0 Å². The molecular weight excluding hydrogens is 245 g/mol. The van der Waals surface area contributed by atoms with E-state index in [9.17, 15) is 9.18 Å². The Balaban J connectivity index is 2.41. The zero-order valence-electron chi connectivity index (χ0n) is 12.0. The van der Waals surface area contributed by atoms with Crippen LogP contribution in [0, 0.1) is 5.82 Å². The maximum Gasteiger partial charge on any atom is 0.164 e. The molecule has 19 heavy (non-hydrogen) atoms. The lowest BCUT2D eigenvalue weighted by molar-refractivity contribution is -0.00485. The number of Topliss-reactive ketones (excluding diaryl/α,β-unsaturated/α-hetero) is 1. The molecule has 106 valence electrons. The highest BCUT2D eigenvalue weighted by Gasteiger charge is 2.24. The number of hydrogen-bond acceptors (Lipinski definition) is 3. The monoisotopic (exact) mass is 267 g/mol. The average Bonchev–Trinajstić information content (AvgIpc) is 2.39. The van der Waals surface area contributed by atoms with Crippen LogP contribution in [0.5, 0.6) is 0 Å². The van der Waals surface area contributed by atoms with Crippen molar-refractivity contribution in [1.82, 2.24) is 5.32 Å². The number of carbonyl (C=O) groups excluding carboxylic acids is 1. The van der Waals surface area contributed by atoms with Gasteiger partial charge in [0, 0.05) is 31.7 Å². The highest BCUT2D eigenvalue weighted by atomic mass is 19.1. The van der Waals surface area contributed by atoms with E-state index in [0.717, 1.165) is 0 Å². The number of carbonyl (C=O) groups is 1. The Labute approximate surface area is 114 Å². The van der Waals surface area contributed by atoms with E-state index in [4.69, 9.17) is 4.74 Å². The van der Waals surface area contributed by atoms with E-state index in [1.165, 1.54) is 24.3 Å². The van der Waals surface area contributed by atoms with Crippen LogP contribution >= 0.6 is 0 Å². The molecule has 0 aliphatic heterocycles. The molecule has 0 bridgehead atoms. The number of ketones is 1. The van der Waals surface area contributed by atoms with Gasteiger partial charge in [-0.25, -0.2) is 4.39 Å². The van der Waals surface area contributed by atoms with Crippen LogP contribution in [-0.4, -0.2) is 31.1 Å². The fourth-order valence-corrected chi connectivity index (χ4v) is 1.60. The van der Waals surface area contributed by atoms with Crippen LogP contribution in [0.15, 0.2) is 24.3 Å². The molecule has 0 saturated carbocycles. The third kappa shape index (κ3) is 4.73. The number of methoxy groups -OCH3 is 1. The fourth-order valence-electron chi connectivity index (χ4n) is 1.60. The minimum absolute atomic E-state index is 0.00919. The number of ether oxygens (including phenoxy) is 1. The molecule has 0 aliphatic carbocycles. The Bertz CT molecular complexity index is 415. The molecule has 1 N–H and O–H groups in total. The molecule has 3 nitrogen and oxygen atoms in total. The van der Waals surface area contributed by atoms with Crippen LogP contribution in [-0.2, 0) is 4.74 Å². The molecule has 0 aromatic heterocycles. The molecule has 0 unspecified atom stereocenters. The molecule has 0 radical (unpaired) electrons. The largest absolute Gasteiger partial charge is 0.377 e. The topological polar surface area (TPSA) is 38.3 Å². The Morgan fingerprint density at radius 3 is 2.47 bits per heavy atom. The van der Waals surface area contributed by atoms with E-state index < -0.39 is 0 Å². The van der Waals surface area contributed by atoms with Crippen LogP contribution in [0.2, 0.25) is 0 Å². The van der Waals surface area contributed by atoms with E-state index in [-0.39, 0.29) is 23.2 Å². The molecule has 1 aromatic carbocycles. The smallest absolute Gasteiger partial charge is 0.164 e. The summed E-state index contributed by atoms with van der Waals surface area (Å²) in [5.41, 5.74) is 0.265. The van der Waals surface area contributed by atoms with Gasteiger partial charge >= 0.3 is 0 Å². The Kier molecular flexibility index (Phi) is 5.63. The quantitative estimate of drug-likeness (QED) is 0.772. The van der Waals surface area contributed by atoms with Gasteiger partial charge in [-0.2, -0.15) is 0 Å². The summed E-state index contributed by atoms with van der Waals surface area (Å²) in [5.74, 6) is -0.319. The Morgan fingerprint density at radius 1 is 1.37 bits per heavy atom. The van der Waals surface area contributed by atoms with Gasteiger partial charge in [0.25, 0.3) is 0 Å². The van der Waals surface area contributed by atoms with Crippen molar-refractivity contribution in [1.29, 1.82) is 0 Å². The molecule has 0 spiro atoms. The third-order valence-corrected chi connectivity index (χ3v) is 3.54. The van der Waals surface area contributed by atoms with Gasteiger partial charge in [-0.3, -0.25) is 4.79 Å². The van der Waals surface area contributed by atoms with Crippen molar-refractivity contribution in [2.24, 2.45) is 0 Å². The summed E-state index contributed by atoms with van der Waals surface area (Å²) in [7, 11) is 1.67. The molecular formula is C15H22FNO2. The van der Waals surface area contributed by atoms with Crippen molar-refractivity contribution in [3.8, 4) is 0 Å². The van der Waals surface area contributed by atoms with Crippen molar-refractivity contribution >= 4 is 5.78 Å². The predicted octanol–water partition coefficient (Wildman–Crippen LogP) is 2.80. The first kappa shape index (κ1) is 15.8. The Morgan fingerprint density at radius 2 is 1.95 bits per heavy atom. The molecule has 4 heteroatoms. The lowest BCUT2D eigenvalue weighted by Crippen LogP contribution is -2.46. The number of hydrogen-bond donors (Lipinski definition) is 1. The van der Waals surface area contributed by atoms with E-state index >= 15 is 0 Å². The molecule has 0 aliphatic rings. The highest BCUT2D eigenvalue weighted by molar-refractivity contribution is 5.96. The SMILES string of the molecule is COC(C)(C)[C@H](C)NCCC(=O)c1ccc(F)cc1. The minimum atomic E-state index is -0.329. The van der Waals surface area contributed by atoms with E-state index in [1.807, 2.05) is 20.8 Å². The van der Waals surface area contributed by atoms with Crippen LogP contribution in [0.1, 0.15) is 37.6 Å². The summed E-state index contributed by atoms with van der Waals surface area (Å²) in [4.78, 5) is 11.9. The molecule has 1 atom stereocenters. The summed E-state index contributed by atoms with van der Waals surface area (Å²) in [6, 6.07) is 5.77. The fraction of sp³-hybridized carbons (Fsp3) is 0.533. The molecule has 0 fully saturated rings. The second kappa shape index (κ2) is 6.78. The van der Waals surface area contributed by atoms with Crippen molar-refractivity contribution in [2.45, 2.75) is 38.8 Å². The van der Waals surface area contributed by atoms with Gasteiger partial charge in [-0.1, -0.05) is 0 Å². The lowest BCUT2D eigenvalue weighted by Gasteiger charge is -2.31. The molecule has 1 rings (SSSR count). The zero-order chi connectivity index (χ0) is 14.5. The maximum atomic E-state index is 12.7. The van der Waals surface area contributed by atoms with Crippen molar-refractivity contribution in [2.75, 3.05) is 13.7 Å². The highest BCUT2D eigenvalue weighted by Crippen LogP contribution is 2.13. The molecule has 0 amide bonds. The number of halogens is 1. The lowest BCUT2D eigenvalue weighted by atomic mass is 10.00. The summed E-state index contributed by atoms with van der Waals surface area (Å²) in [5, 5.41) is 3.27. The van der Waals surface area contributed by atoms with Crippen molar-refractivity contribution < 1.29 is 13.9 Å². The average molecular weight is 267 g/mol. The maximum absolute atomic E-state index is 12.7. The van der Waals surface area contributed by atoms with E-state index in [1.54, 1.807) is 7.11 Å². The molecule has 0 heterocycles. The first-order chi connectivity index (χ1) is 8.86. The predicted molar refractivity (Wildman–Crippen MR) is 73.9 cm³/mol. The van der Waals surface area contributed by atoms with Crippen LogP contribution in [0.25, 0.3) is 0 Å². The summed E-state index contributed by atoms with van der Waals surface area (Å²) in [6.07, 6.45) is 0.385. The second-order valence-electron chi connectivity index (χ2n) is 5.16. The van der Waals surface area contributed by atoms with Gasteiger partial charge in [0.1, 0.15) is 5.82 Å². The van der Waals surface area contributed by atoms with Crippen LogP contribution in [0.3, 0.4) is 0 Å². The van der Waals surface area contributed by atoms with Crippen molar-refractivity contribution in [3.05, 3.63) is 35.6 Å². The van der Waals surface area contributed by atoms with Gasteiger partial charge in [0.05, 0.1) is 5.60 Å². The summed E-state index contributed by atoms with van der Waals surface area (Å²) < 4.78 is 18.1. The first-order valence-electron chi connectivity index (χ1n) is 6.44. The van der Waals surface area contributed by atoms with Gasteiger partial charge in [-0.05, 0) is 45.0 Å². The molecule has 0 saturated heterocycles. The standard InChI is InChI=1S/C15H22FNO2/c1-11(15(2,3)19-4)17-10-9-14(18)12-5-7-13(16)8-6-12/h5-8,11,17H,9-10H2,1-4H3/t11-/m0/s1. The van der Waals surface area contributed by atoms with Crippen molar-refractivity contribution in [3.63, 3.8) is 0 Å². The first-order valence-corrected chi connectivity index (χ1v) is 6.44. The molecule has 1 aromatic rings. The van der Waals surface area contributed by atoms with Crippen LogP contribution < -0.4 is 5.32 Å². The number of benzene rings is 1. The minimum Gasteiger partial charge on any atom is -0.377 e. The Hall–Kier alpha value is -1.26. The zero-order valence-corrected chi connectivity index (χ0v) is 12.0. The summed E-state index contributed by atoms with van der Waals surface area (Å²) >= 11 is 0. The van der Waals surface area contributed by atoms with Crippen LogP contribution in [0.4, 0.5) is 4.39 Å². The van der Waals surface area contributed by atoms with E-state index in [2.05, 4.69) is 5.32 Å². The number of nitrogens with one attached hydrogen (secondary N) is 1. The third-order valence-electron chi connectivity index (χ3n) is 3.54. The van der Waals surface area contributed by atoms with Gasteiger partial charge < -0.3 is 10.1 Å².